The minimum Gasteiger partial charge on any atom is -0.369 e. The molecule has 1 heterocycles. The molecule has 1 fully saturated rings. The van der Waals surface area contributed by atoms with Gasteiger partial charge in [-0.25, -0.2) is 4.39 Å². The van der Waals surface area contributed by atoms with Crippen LogP contribution in [0.1, 0.15) is 24.7 Å². The number of methoxy groups -OCH3 is 2. The van der Waals surface area contributed by atoms with Gasteiger partial charge in [-0.3, -0.25) is 0 Å². The Balaban J connectivity index is 2.31. The molecule has 0 aromatic heterocycles. The van der Waals surface area contributed by atoms with E-state index in [-0.39, 0.29) is 5.82 Å². The van der Waals surface area contributed by atoms with E-state index in [1.807, 2.05) is 12.1 Å². The fraction of sp³-hybridized carbons (Fsp3) is 0.538. The van der Waals surface area contributed by atoms with Gasteiger partial charge in [-0.15, -0.1) is 0 Å². The lowest BCUT2D eigenvalue weighted by atomic mass is 10.1. The fourth-order valence-electron chi connectivity index (χ4n) is 2.27. The Labute approximate surface area is 101 Å². The van der Waals surface area contributed by atoms with Gasteiger partial charge in [0.15, 0.2) is 12.1 Å². The Morgan fingerprint density at radius 3 is 2.41 bits per heavy atom. The van der Waals surface area contributed by atoms with Crippen LogP contribution < -0.4 is 4.90 Å². The molecule has 0 radical (unpaired) electrons. The largest absolute Gasteiger partial charge is 0.369 e. The standard InChI is InChI=1S/C13H18FNO2/c1-16-13(17-2)10-6-5-7-11(12(10)14)15-8-3-4-9-15/h5-7,13H,3-4,8-9H2,1-2H3. The highest BCUT2D eigenvalue weighted by Gasteiger charge is 2.21. The number of anilines is 1. The third-order valence-electron chi connectivity index (χ3n) is 3.14. The van der Waals surface area contributed by atoms with Gasteiger partial charge in [0.2, 0.25) is 0 Å². The molecule has 0 atom stereocenters. The zero-order valence-corrected chi connectivity index (χ0v) is 10.3. The second-order valence-corrected chi connectivity index (χ2v) is 4.18. The number of benzene rings is 1. The molecule has 1 aromatic carbocycles. The summed E-state index contributed by atoms with van der Waals surface area (Å²) in [7, 11) is 3.02. The van der Waals surface area contributed by atoms with Crippen molar-refractivity contribution >= 4 is 5.69 Å². The lowest BCUT2D eigenvalue weighted by molar-refractivity contribution is -0.107. The van der Waals surface area contributed by atoms with Crippen LogP contribution in [0.2, 0.25) is 0 Å². The Kier molecular flexibility index (Phi) is 3.97. The minimum absolute atomic E-state index is 0.233. The Morgan fingerprint density at radius 2 is 1.82 bits per heavy atom. The molecule has 0 aliphatic carbocycles. The summed E-state index contributed by atoms with van der Waals surface area (Å²) in [6.45, 7) is 1.84. The summed E-state index contributed by atoms with van der Waals surface area (Å²) in [6, 6.07) is 5.36. The number of hydrogen-bond donors (Lipinski definition) is 0. The summed E-state index contributed by atoms with van der Waals surface area (Å²) < 4.78 is 24.6. The van der Waals surface area contributed by atoms with Gasteiger partial charge >= 0.3 is 0 Å². The molecule has 17 heavy (non-hydrogen) atoms. The SMILES string of the molecule is COC(OC)c1cccc(N2CCCC2)c1F. The van der Waals surface area contributed by atoms with E-state index >= 15 is 0 Å². The predicted octanol–water partition coefficient (Wildman–Crippen LogP) is 2.72. The second-order valence-electron chi connectivity index (χ2n) is 4.18. The molecule has 0 saturated carbocycles. The van der Waals surface area contributed by atoms with Crippen LogP contribution in [-0.2, 0) is 9.47 Å². The lowest BCUT2D eigenvalue weighted by Gasteiger charge is -2.22. The monoisotopic (exact) mass is 239 g/mol. The molecule has 1 saturated heterocycles. The smallest absolute Gasteiger partial charge is 0.186 e. The highest BCUT2D eigenvalue weighted by atomic mass is 19.1. The molecule has 2 rings (SSSR count). The van der Waals surface area contributed by atoms with E-state index in [4.69, 9.17) is 9.47 Å². The Hall–Kier alpha value is -1.13. The van der Waals surface area contributed by atoms with Gasteiger partial charge in [0, 0.05) is 32.9 Å². The average Bonchev–Trinajstić information content (AvgIpc) is 2.86. The van der Waals surface area contributed by atoms with Crippen molar-refractivity contribution in [3.8, 4) is 0 Å². The summed E-state index contributed by atoms with van der Waals surface area (Å²) >= 11 is 0. The van der Waals surface area contributed by atoms with Crippen molar-refractivity contribution < 1.29 is 13.9 Å². The zero-order valence-electron chi connectivity index (χ0n) is 10.3. The molecule has 3 nitrogen and oxygen atoms in total. The molecule has 1 aliphatic rings. The minimum atomic E-state index is -0.641. The van der Waals surface area contributed by atoms with Crippen LogP contribution in [0.4, 0.5) is 10.1 Å². The van der Waals surface area contributed by atoms with Crippen LogP contribution in [-0.4, -0.2) is 27.3 Å². The number of nitrogens with zero attached hydrogens (tertiary/aromatic N) is 1. The number of ether oxygens (including phenoxy) is 2. The molecule has 1 aromatic rings. The molecular weight excluding hydrogens is 221 g/mol. The van der Waals surface area contributed by atoms with Crippen molar-refractivity contribution in [3.63, 3.8) is 0 Å². The second kappa shape index (κ2) is 5.47. The first kappa shape index (κ1) is 12.3. The Morgan fingerprint density at radius 1 is 1.18 bits per heavy atom. The molecular formula is C13H18FNO2. The maximum absolute atomic E-state index is 14.3. The molecule has 94 valence electrons. The highest BCUT2D eigenvalue weighted by molar-refractivity contribution is 5.51. The van der Waals surface area contributed by atoms with Crippen molar-refractivity contribution in [3.05, 3.63) is 29.6 Å². The van der Waals surface area contributed by atoms with Gasteiger partial charge in [-0.2, -0.15) is 0 Å². The molecule has 1 aliphatic heterocycles. The number of hydrogen-bond acceptors (Lipinski definition) is 3. The molecule has 0 N–H and O–H groups in total. The van der Waals surface area contributed by atoms with Crippen LogP contribution >= 0.6 is 0 Å². The van der Waals surface area contributed by atoms with Gasteiger partial charge in [-0.1, -0.05) is 12.1 Å². The van der Waals surface area contributed by atoms with Crippen molar-refractivity contribution in [2.24, 2.45) is 0 Å². The van der Waals surface area contributed by atoms with Crippen molar-refractivity contribution in [1.82, 2.24) is 0 Å². The summed E-state index contributed by atoms with van der Waals surface area (Å²) in [6.07, 6.45) is 1.61. The van der Waals surface area contributed by atoms with Crippen LogP contribution in [0.15, 0.2) is 18.2 Å². The first-order valence-electron chi connectivity index (χ1n) is 5.87. The quantitative estimate of drug-likeness (QED) is 0.754. The first-order chi connectivity index (χ1) is 8.27. The average molecular weight is 239 g/mol. The maximum Gasteiger partial charge on any atom is 0.186 e. The third-order valence-corrected chi connectivity index (χ3v) is 3.14. The van der Waals surface area contributed by atoms with Crippen LogP contribution in [0, 0.1) is 5.82 Å². The first-order valence-corrected chi connectivity index (χ1v) is 5.87. The van der Waals surface area contributed by atoms with E-state index in [1.54, 1.807) is 6.07 Å². The van der Waals surface area contributed by atoms with Crippen molar-refractivity contribution in [2.45, 2.75) is 19.1 Å². The molecule has 0 bridgehead atoms. The summed E-state index contributed by atoms with van der Waals surface area (Å²) in [5, 5.41) is 0. The lowest BCUT2D eigenvalue weighted by Crippen LogP contribution is -2.20. The highest BCUT2D eigenvalue weighted by Crippen LogP contribution is 2.30. The van der Waals surface area contributed by atoms with Gasteiger partial charge in [-0.05, 0) is 18.9 Å². The van der Waals surface area contributed by atoms with Gasteiger partial charge in [0.05, 0.1) is 5.69 Å². The van der Waals surface area contributed by atoms with Gasteiger partial charge < -0.3 is 14.4 Å². The molecule has 0 unspecified atom stereocenters. The number of rotatable bonds is 4. The topological polar surface area (TPSA) is 21.7 Å². The summed E-state index contributed by atoms with van der Waals surface area (Å²) in [5.74, 6) is -0.233. The van der Waals surface area contributed by atoms with Gasteiger partial charge in [0.25, 0.3) is 0 Å². The Bertz CT molecular complexity index is 353. The van der Waals surface area contributed by atoms with E-state index in [0.29, 0.717) is 11.3 Å². The van der Waals surface area contributed by atoms with E-state index < -0.39 is 6.29 Å². The van der Waals surface area contributed by atoms with Crippen LogP contribution in [0.5, 0.6) is 0 Å². The molecule has 4 heteroatoms. The third kappa shape index (κ3) is 2.42. The van der Waals surface area contributed by atoms with Crippen LogP contribution in [0.3, 0.4) is 0 Å². The van der Waals surface area contributed by atoms with E-state index in [2.05, 4.69) is 4.90 Å². The number of halogens is 1. The summed E-state index contributed by atoms with van der Waals surface area (Å²) in [4.78, 5) is 2.07. The normalized spacial score (nSPS) is 15.9. The van der Waals surface area contributed by atoms with E-state index in [0.717, 1.165) is 25.9 Å². The van der Waals surface area contributed by atoms with E-state index in [9.17, 15) is 4.39 Å². The molecule has 0 spiro atoms. The maximum atomic E-state index is 14.3. The van der Waals surface area contributed by atoms with Crippen molar-refractivity contribution in [1.29, 1.82) is 0 Å². The molecule has 0 amide bonds. The van der Waals surface area contributed by atoms with Crippen LogP contribution in [0.25, 0.3) is 0 Å². The summed E-state index contributed by atoms with van der Waals surface area (Å²) in [5.41, 5.74) is 1.11. The van der Waals surface area contributed by atoms with E-state index in [1.165, 1.54) is 14.2 Å². The predicted molar refractivity (Wildman–Crippen MR) is 64.6 cm³/mol. The zero-order chi connectivity index (χ0) is 12.3. The van der Waals surface area contributed by atoms with Crippen molar-refractivity contribution in [2.75, 3.05) is 32.2 Å². The fourth-order valence-corrected chi connectivity index (χ4v) is 2.27. The van der Waals surface area contributed by atoms with Gasteiger partial charge in [0.1, 0.15) is 0 Å².